The largest absolute Gasteiger partial charge is 0.411 e. The maximum atomic E-state index is 14.1. The second kappa shape index (κ2) is 8.16. The molecule has 0 spiro atoms. The van der Waals surface area contributed by atoms with Crippen molar-refractivity contribution in [2.75, 3.05) is 9.62 Å². The van der Waals surface area contributed by atoms with Gasteiger partial charge in [-0.25, -0.2) is 13.4 Å². The Morgan fingerprint density at radius 3 is 2.26 bits per heavy atom. The van der Waals surface area contributed by atoms with Crippen molar-refractivity contribution in [3.63, 3.8) is 0 Å². The average Bonchev–Trinajstić information content (AvgIpc) is 3.43. The normalized spacial score (nSPS) is 18.5. The Bertz CT molecular complexity index is 1340. The maximum absolute atomic E-state index is 14.1. The summed E-state index contributed by atoms with van der Waals surface area (Å²) in [4.78, 5) is 4.55. The first kappa shape index (κ1) is 24.9. The van der Waals surface area contributed by atoms with Crippen LogP contribution in [-0.2, 0) is 10.0 Å². The van der Waals surface area contributed by atoms with E-state index in [0.717, 1.165) is 34.4 Å². The molecule has 1 aromatic heterocycles. The molecule has 1 aromatic carbocycles. The fraction of sp³-hybridized carbons (Fsp3) is 0.300. The summed E-state index contributed by atoms with van der Waals surface area (Å²) in [6.45, 7) is 0. The Hall–Kier alpha value is -3.25. The van der Waals surface area contributed by atoms with Crippen LogP contribution in [0.2, 0.25) is 0 Å². The molecule has 0 bridgehead atoms. The van der Waals surface area contributed by atoms with Crippen molar-refractivity contribution in [2.45, 2.75) is 36.5 Å². The van der Waals surface area contributed by atoms with Gasteiger partial charge in [0, 0.05) is 23.0 Å². The second-order valence-corrected chi connectivity index (χ2v) is 10.2. The topological polar surface area (TPSA) is 112 Å². The van der Waals surface area contributed by atoms with E-state index in [2.05, 4.69) is 9.71 Å². The lowest BCUT2D eigenvalue weighted by molar-refractivity contribution is -0.310. The summed E-state index contributed by atoms with van der Waals surface area (Å²) in [7, 11) is -4.06. The van der Waals surface area contributed by atoms with Crippen molar-refractivity contribution in [1.29, 1.82) is 5.26 Å². The van der Waals surface area contributed by atoms with E-state index in [1.165, 1.54) is 18.3 Å². The third kappa shape index (κ3) is 3.71. The maximum Gasteiger partial charge on any atom is 0.411 e. The van der Waals surface area contributed by atoms with E-state index in [0.29, 0.717) is 0 Å². The minimum Gasteiger partial charge on any atom is -0.384 e. The van der Waals surface area contributed by atoms with Gasteiger partial charge in [0.15, 0.2) is 5.13 Å². The van der Waals surface area contributed by atoms with Crippen molar-refractivity contribution in [3.8, 4) is 6.07 Å². The molecule has 1 aliphatic carbocycles. The van der Waals surface area contributed by atoms with Crippen molar-refractivity contribution in [2.24, 2.45) is 11.1 Å². The van der Waals surface area contributed by atoms with E-state index in [-0.39, 0.29) is 34.3 Å². The van der Waals surface area contributed by atoms with E-state index < -0.39 is 51.2 Å². The smallest absolute Gasteiger partial charge is 0.384 e. The van der Waals surface area contributed by atoms with E-state index >= 15 is 0 Å². The van der Waals surface area contributed by atoms with Crippen LogP contribution in [0.1, 0.15) is 19.3 Å². The Morgan fingerprint density at radius 2 is 1.74 bits per heavy atom. The first-order valence-corrected chi connectivity index (χ1v) is 12.2. The molecule has 1 aliphatic heterocycles. The summed E-state index contributed by atoms with van der Waals surface area (Å²) in [5, 5.41) is 11.1. The zero-order chi connectivity index (χ0) is 25.8. The number of alkyl halides is 6. The average molecular weight is 535 g/mol. The zero-order valence-corrected chi connectivity index (χ0v) is 19.0. The van der Waals surface area contributed by atoms with Gasteiger partial charge in [0.05, 0.1) is 10.5 Å². The van der Waals surface area contributed by atoms with Crippen LogP contribution < -0.4 is 15.4 Å². The number of nitriles is 1. The van der Waals surface area contributed by atoms with Crippen molar-refractivity contribution < 1.29 is 34.8 Å². The second-order valence-electron chi connectivity index (χ2n) is 7.67. The number of nitrogens with two attached hydrogens (primary N) is 1. The predicted octanol–water partition coefficient (Wildman–Crippen LogP) is 5.01. The van der Waals surface area contributed by atoms with Gasteiger partial charge >= 0.3 is 12.4 Å². The number of rotatable bonds is 4. The monoisotopic (exact) mass is 535 g/mol. The number of anilines is 2. The molecule has 0 saturated carbocycles. The van der Waals surface area contributed by atoms with Crippen LogP contribution in [0.4, 0.5) is 37.2 Å². The molecule has 15 heteroatoms. The number of hydrogen-bond acceptors (Lipinski definition) is 7. The molecular weight excluding hydrogens is 520 g/mol. The molecular formula is C20H15F6N5O2S2. The van der Waals surface area contributed by atoms with Crippen LogP contribution in [0.25, 0.3) is 0 Å². The molecule has 35 heavy (non-hydrogen) atoms. The summed E-state index contributed by atoms with van der Waals surface area (Å²) < 4.78 is 112. The highest BCUT2D eigenvalue weighted by Crippen LogP contribution is 2.65. The fourth-order valence-corrected chi connectivity index (χ4v) is 6.21. The van der Waals surface area contributed by atoms with Gasteiger partial charge in [0.1, 0.15) is 11.9 Å². The molecule has 7 nitrogen and oxygen atoms in total. The number of thiazole rings is 1. The van der Waals surface area contributed by atoms with Gasteiger partial charge in [-0.15, -0.1) is 11.3 Å². The number of halogens is 6. The lowest BCUT2D eigenvalue weighted by Gasteiger charge is -2.44. The lowest BCUT2D eigenvalue weighted by atomic mass is 9.69. The van der Waals surface area contributed by atoms with Gasteiger partial charge in [-0.05, 0) is 49.1 Å². The van der Waals surface area contributed by atoms with E-state index in [1.807, 2.05) is 0 Å². The van der Waals surface area contributed by atoms with Crippen LogP contribution in [0.3, 0.4) is 0 Å². The minimum absolute atomic E-state index is 0.00867. The highest BCUT2D eigenvalue weighted by Gasteiger charge is 2.77. The molecule has 0 amide bonds. The summed E-state index contributed by atoms with van der Waals surface area (Å²) in [6.07, 6.45) is -11.0. The number of sulfonamides is 1. The van der Waals surface area contributed by atoms with Gasteiger partial charge in [-0.2, -0.15) is 31.6 Å². The molecule has 186 valence electrons. The summed E-state index contributed by atoms with van der Waals surface area (Å²) >= 11 is 1.03. The van der Waals surface area contributed by atoms with Gasteiger partial charge in [-0.1, -0.05) is 0 Å². The molecule has 0 atom stereocenters. The molecule has 0 saturated heterocycles. The van der Waals surface area contributed by atoms with Crippen molar-refractivity contribution in [3.05, 3.63) is 58.5 Å². The zero-order valence-electron chi connectivity index (χ0n) is 17.4. The summed E-state index contributed by atoms with van der Waals surface area (Å²) in [5.41, 5.74) is -1.65. The molecule has 2 aromatic rings. The first-order valence-electron chi connectivity index (χ1n) is 9.84. The molecule has 0 fully saturated rings. The van der Waals surface area contributed by atoms with Crippen molar-refractivity contribution in [1.82, 2.24) is 4.98 Å². The summed E-state index contributed by atoms with van der Waals surface area (Å²) in [5.74, 6) is -1.01. The molecule has 2 heterocycles. The predicted molar refractivity (Wildman–Crippen MR) is 114 cm³/mol. The first-order chi connectivity index (χ1) is 16.3. The Balaban J connectivity index is 1.83. The molecule has 2 aliphatic rings. The Morgan fingerprint density at radius 1 is 1.11 bits per heavy atom. The molecule has 0 unspecified atom stereocenters. The standard InChI is InChI=1S/C20H15F6N5O2S2/c21-19(22,23)18(20(24,25)26)13-2-1-3-15(13)31(16(28)14(18)10-27)11-4-6-12(7-5-11)35(32,33)30-17-29-8-9-34-17/h4-9H,1-3,28H2,(H,29,30). The number of hydrogen-bond donors (Lipinski definition) is 2. The van der Waals surface area contributed by atoms with Gasteiger partial charge in [0.25, 0.3) is 10.0 Å². The highest BCUT2D eigenvalue weighted by atomic mass is 32.2. The molecule has 0 radical (unpaired) electrons. The van der Waals surface area contributed by atoms with Gasteiger partial charge in [0.2, 0.25) is 5.41 Å². The molecule has 3 N–H and O–H groups in total. The Kier molecular flexibility index (Phi) is 5.80. The highest BCUT2D eigenvalue weighted by molar-refractivity contribution is 7.93. The molecule has 4 rings (SSSR count). The van der Waals surface area contributed by atoms with Crippen LogP contribution in [0, 0.1) is 16.7 Å². The van der Waals surface area contributed by atoms with E-state index in [1.54, 1.807) is 5.38 Å². The number of aromatic nitrogens is 1. The van der Waals surface area contributed by atoms with Crippen LogP contribution in [-0.4, -0.2) is 25.8 Å². The van der Waals surface area contributed by atoms with Gasteiger partial charge in [-0.3, -0.25) is 9.62 Å². The van der Waals surface area contributed by atoms with E-state index in [4.69, 9.17) is 5.73 Å². The number of nitrogens with one attached hydrogen (secondary N) is 1. The fourth-order valence-electron chi connectivity index (χ4n) is 4.42. The Labute approximate surface area is 199 Å². The number of nitrogens with zero attached hydrogens (tertiary/aromatic N) is 3. The minimum atomic E-state index is -5.86. The third-order valence-corrected chi connectivity index (χ3v) is 7.98. The lowest BCUT2D eigenvalue weighted by Crippen LogP contribution is -2.56. The van der Waals surface area contributed by atoms with Crippen LogP contribution in [0.15, 0.2) is 63.4 Å². The number of allylic oxidation sites excluding steroid dienone is 3. The SMILES string of the molecule is N#CC1=C(N)N(c2ccc(S(=O)(=O)Nc3nccs3)cc2)C2=C(CCC2)C1(C(F)(F)F)C(F)(F)F. The third-order valence-electron chi connectivity index (χ3n) is 5.80. The van der Waals surface area contributed by atoms with E-state index in [9.17, 15) is 40.0 Å². The summed E-state index contributed by atoms with van der Waals surface area (Å²) in [6, 6.07) is 5.68. The van der Waals surface area contributed by atoms with Crippen LogP contribution in [0.5, 0.6) is 0 Å². The number of benzene rings is 1. The van der Waals surface area contributed by atoms with Crippen molar-refractivity contribution >= 4 is 32.2 Å². The van der Waals surface area contributed by atoms with Gasteiger partial charge < -0.3 is 5.73 Å². The quantitative estimate of drug-likeness (QED) is 0.533. The van der Waals surface area contributed by atoms with Crippen LogP contribution >= 0.6 is 11.3 Å².